The van der Waals surface area contributed by atoms with Gasteiger partial charge in [0.2, 0.25) is 0 Å². The molecule has 0 aliphatic carbocycles. The molecule has 3 aromatic carbocycles. The first-order chi connectivity index (χ1) is 13.3. The van der Waals surface area contributed by atoms with E-state index in [1.54, 1.807) is 0 Å². The van der Waals surface area contributed by atoms with Gasteiger partial charge in [0, 0.05) is 5.88 Å². The molecule has 0 fully saturated rings. The Hall–Kier alpha value is -2.35. The second-order valence-electron chi connectivity index (χ2n) is 6.58. The molecule has 0 spiro atoms. The van der Waals surface area contributed by atoms with Crippen LogP contribution in [0.1, 0.15) is 28.7 Å². The molecule has 0 amide bonds. The number of allylic oxidation sites excluding steroid dienone is 1. The zero-order valence-electron chi connectivity index (χ0n) is 15.8. The highest BCUT2D eigenvalue weighted by Crippen LogP contribution is 2.34. The fourth-order valence-corrected chi connectivity index (χ4v) is 3.56. The number of hydrogen-bond acceptors (Lipinski definition) is 1. The smallest absolute Gasteiger partial charge is 0.0264 e. The van der Waals surface area contributed by atoms with Gasteiger partial charge in [-0.25, -0.2) is 0 Å². The van der Waals surface area contributed by atoms with Gasteiger partial charge in [-0.3, -0.25) is 0 Å². The van der Waals surface area contributed by atoms with Crippen LogP contribution in [0.15, 0.2) is 84.9 Å². The quantitative estimate of drug-likeness (QED) is 0.374. The van der Waals surface area contributed by atoms with E-state index in [2.05, 4.69) is 90.2 Å². The summed E-state index contributed by atoms with van der Waals surface area (Å²) in [5.41, 5.74) is 7.60. The molecule has 1 nitrogen and oxygen atoms in total. The SMILES string of the molecule is CNCCc1ccc(/C(=C(/CCCl)c2ccccc2)c2ccccc2)cc1. The highest BCUT2D eigenvalue weighted by Gasteiger charge is 2.13. The van der Waals surface area contributed by atoms with Gasteiger partial charge in [0.1, 0.15) is 0 Å². The predicted molar refractivity (Wildman–Crippen MR) is 118 cm³/mol. The topological polar surface area (TPSA) is 12.0 Å². The van der Waals surface area contributed by atoms with Crippen molar-refractivity contribution in [2.45, 2.75) is 12.8 Å². The Labute approximate surface area is 167 Å². The molecule has 0 saturated heterocycles. The lowest BCUT2D eigenvalue weighted by molar-refractivity contribution is 0.792. The summed E-state index contributed by atoms with van der Waals surface area (Å²) in [6, 6.07) is 30.2. The molecule has 0 bridgehead atoms. The number of nitrogens with one attached hydrogen (secondary N) is 1. The van der Waals surface area contributed by atoms with Crippen LogP contribution in [-0.4, -0.2) is 19.5 Å². The molecule has 3 aromatic rings. The molecular formula is C25H26ClN. The summed E-state index contributed by atoms with van der Waals surface area (Å²) >= 11 is 6.21. The number of rotatable bonds is 8. The fraction of sp³-hybridized carbons (Fsp3) is 0.200. The molecule has 0 atom stereocenters. The summed E-state index contributed by atoms with van der Waals surface area (Å²) < 4.78 is 0. The van der Waals surface area contributed by atoms with Crippen molar-refractivity contribution >= 4 is 22.7 Å². The fourth-order valence-electron chi connectivity index (χ4n) is 3.37. The minimum absolute atomic E-state index is 0.598. The van der Waals surface area contributed by atoms with Crippen LogP contribution < -0.4 is 5.32 Å². The van der Waals surface area contributed by atoms with Crippen molar-refractivity contribution in [3.63, 3.8) is 0 Å². The van der Waals surface area contributed by atoms with Gasteiger partial charge in [0.15, 0.2) is 0 Å². The Balaban J connectivity index is 2.13. The first kappa shape index (κ1) is 19.4. The number of benzene rings is 3. The maximum atomic E-state index is 6.21. The summed E-state index contributed by atoms with van der Waals surface area (Å²) in [6.07, 6.45) is 1.87. The molecule has 0 saturated carbocycles. The van der Waals surface area contributed by atoms with Crippen molar-refractivity contribution in [2.24, 2.45) is 0 Å². The normalized spacial score (nSPS) is 11.9. The van der Waals surface area contributed by atoms with Gasteiger partial charge in [-0.2, -0.15) is 0 Å². The lowest BCUT2D eigenvalue weighted by Gasteiger charge is -2.17. The third-order valence-corrected chi connectivity index (χ3v) is 4.93. The Morgan fingerprint density at radius 2 is 1.30 bits per heavy atom. The molecule has 0 aliphatic rings. The molecule has 0 aliphatic heterocycles. The van der Waals surface area contributed by atoms with Crippen molar-refractivity contribution in [3.05, 3.63) is 107 Å². The minimum Gasteiger partial charge on any atom is -0.319 e. The number of likely N-dealkylation sites (N-methyl/N-ethyl adjacent to an activating group) is 1. The van der Waals surface area contributed by atoms with Gasteiger partial charge in [0.05, 0.1) is 0 Å². The Kier molecular flexibility index (Phi) is 7.27. The third-order valence-electron chi connectivity index (χ3n) is 4.74. The Morgan fingerprint density at radius 3 is 1.85 bits per heavy atom. The van der Waals surface area contributed by atoms with E-state index in [1.165, 1.54) is 33.4 Å². The molecule has 2 heteroatoms. The molecule has 0 unspecified atom stereocenters. The van der Waals surface area contributed by atoms with Crippen LogP contribution in [0, 0.1) is 0 Å². The molecule has 0 aromatic heterocycles. The summed E-state index contributed by atoms with van der Waals surface area (Å²) in [5.74, 6) is 0.598. The van der Waals surface area contributed by atoms with Crippen molar-refractivity contribution < 1.29 is 0 Å². The van der Waals surface area contributed by atoms with Crippen LogP contribution >= 0.6 is 11.6 Å². The maximum absolute atomic E-state index is 6.21. The summed E-state index contributed by atoms with van der Waals surface area (Å²) in [6.45, 7) is 0.988. The summed E-state index contributed by atoms with van der Waals surface area (Å²) in [5, 5.41) is 3.21. The second kappa shape index (κ2) is 10.1. The van der Waals surface area contributed by atoms with Crippen LogP contribution in [0.3, 0.4) is 0 Å². The van der Waals surface area contributed by atoms with E-state index >= 15 is 0 Å². The average Bonchev–Trinajstić information content (AvgIpc) is 2.74. The van der Waals surface area contributed by atoms with Gasteiger partial charge >= 0.3 is 0 Å². The second-order valence-corrected chi connectivity index (χ2v) is 6.95. The standard InChI is InChI=1S/C25H26ClN/c1-27-19-17-20-12-14-23(15-13-20)25(22-10-6-3-7-11-22)24(16-18-26)21-8-4-2-5-9-21/h2-15,27H,16-19H2,1H3/b25-24-. The van der Waals surface area contributed by atoms with E-state index in [1.807, 2.05) is 7.05 Å². The molecule has 1 N–H and O–H groups in total. The lowest BCUT2D eigenvalue weighted by atomic mass is 9.88. The minimum atomic E-state index is 0.598. The average molecular weight is 376 g/mol. The zero-order chi connectivity index (χ0) is 18.9. The van der Waals surface area contributed by atoms with Gasteiger partial charge < -0.3 is 5.32 Å². The Morgan fingerprint density at radius 1 is 0.741 bits per heavy atom. The number of hydrogen-bond donors (Lipinski definition) is 1. The van der Waals surface area contributed by atoms with Gasteiger partial charge in [-0.05, 0) is 59.8 Å². The van der Waals surface area contributed by atoms with Crippen LogP contribution in [0.25, 0.3) is 11.1 Å². The van der Waals surface area contributed by atoms with Gasteiger partial charge in [-0.15, -0.1) is 11.6 Å². The largest absolute Gasteiger partial charge is 0.319 e. The molecule has 3 rings (SSSR count). The van der Waals surface area contributed by atoms with Crippen LogP contribution in [0.5, 0.6) is 0 Å². The van der Waals surface area contributed by atoms with Crippen molar-refractivity contribution in [2.75, 3.05) is 19.5 Å². The molecule has 0 radical (unpaired) electrons. The van der Waals surface area contributed by atoms with E-state index in [-0.39, 0.29) is 0 Å². The van der Waals surface area contributed by atoms with Crippen LogP contribution in [0.4, 0.5) is 0 Å². The van der Waals surface area contributed by atoms with Gasteiger partial charge in [-0.1, -0.05) is 84.9 Å². The molecule has 138 valence electrons. The monoisotopic (exact) mass is 375 g/mol. The summed E-state index contributed by atoms with van der Waals surface area (Å²) in [4.78, 5) is 0. The molecule has 0 heterocycles. The van der Waals surface area contributed by atoms with Crippen LogP contribution in [-0.2, 0) is 6.42 Å². The van der Waals surface area contributed by atoms with E-state index in [0.717, 1.165) is 19.4 Å². The number of halogens is 1. The van der Waals surface area contributed by atoms with E-state index in [4.69, 9.17) is 11.6 Å². The zero-order valence-corrected chi connectivity index (χ0v) is 16.5. The first-order valence-electron chi connectivity index (χ1n) is 9.47. The van der Waals surface area contributed by atoms with E-state index in [0.29, 0.717) is 5.88 Å². The molecule has 27 heavy (non-hydrogen) atoms. The van der Waals surface area contributed by atoms with Gasteiger partial charge in [0.25, 0.3) is 0 Å². The van der Waals surface area contributed by atoms with Crippen LogP contribution in [0.2, 0.25) is 0 Å². The van der Waals surface area contributed by atoms with Crippen molar-refractivity contribution in [1.29, 1.82) is 0 Å². The lowest BCUT2D eigenvalue weighted by Crippen LogP contribution is -2.10. The third kappa shape index (κ3) is 5.09. The maximum Gasteiger partial charge on any atom is 0.0264 e. The summed E-state index contributed by atoms with van der Waals surface area (Å²) in [7, 11) is 1.99. The predicted octanol–water partition coefficient (Wildman–Crippen LogP) is 6.04. The van der Waals surface area contributed by atoms with Crippen molar-refractivity contribution in [1.82, 2.24) is 5.32 Å². The number of alkyl halides is 1. The van der Waals surface area contributed by atoms with Crippen molar-refractivity contribution in [3.8, 4) is 0 Å². The highest BCUT2D eigenvalue weighted by atomic mass is 35.5. The van der Waals surface area contributed by atoms with E-state index < -0.39 is 0 Å². The first-order valence-corrected chi connectivity index (χ1v) is 10.0. The van der Waals surface area contributed by atoms with E-state index in [9.17, 15) is 0 Å². The Bertz CT molecular complexity index is 852. The molecular weight excluding hydrogens is 350 g/mol. The highest BCUT2D eigenvalue weighted by molar-refractivity contribution is 6.18.